The van der Waals surface area contributed by atoms with Crippen molar-refractivity contribution in [2.24, 2.45) is 0 Å². The van der Waals surface area contributed by atoms with Crippen LogP contribution in [-0.2, 0) is 9.84 Å². The van der Waals surface area contributed by atoms with Gasteiger partial charge in [-0.25, -0.2) is 68.2 Å². The highest BCUT2D eigenvalue weighted by atomic mass is 32.2. The van der Waals surface area contributed by atoms with Gasteiger partial charge in [0.25, 0.3) is 35.4 Å². The molecule has 6 amide bonds. The van der Waals surface area contributed by atoms with E-state index in [0.29, 0.717) is 75.5 Å². The summed E-state index contributed by atoms with van der Waals surface area (Å²) >= 11 is 0. The van der Waals surface area contributed by atoms with Crippen molar-refractivity contribution in [2.75, 3.05) is 96.0 Å². The lowest BCUT2D eigenvalue weighted by Gasteiger charge is -2.32. The van der Waals surface area contributed by atoms with Gasteiger partial charge >= 0.3 is 0 Å². The third kappa shape index (κ3) is 35.2. The number of nitrogens with one attached hydrogen (secondary N) is 9. The van der Waals surface area contributed by atoms with E-state index in [-0.39, 0.29) is 46.0 Å². The molecule has 148 heavy (non-hydrogen) atoms. The minimum atomic E-state index is -3.28. The lowest BCUT2D eigenvalue weighted by molar-refractivity contribution is 0.101. The van der Waals surface area contributed by atoms with Gasteiger partial charge in [0.2, 0.25) is 0 Å². The Morgan fingerprint density at radius 1 is 0.297 bits per heavy atom. The predicted octanol–water partition coefficient (Wildman–Crippen LogP) is 23.3. The molecular weight excluding hydrogens is 1880 g/mol. The molecule has 4 saturated carbocycles. The van der Waals surface area contributed by atoms with E-state index in [0.717, 1.165) is 149 Å². The van der Waals surface area contributed by atoms with Gasteiger partial charge in [-0.15, -0.1) is 0 Å². The quantitative estimate of drug-likeness (QED) is 0.0206. The average molecular weight is 2020 g/mol. The number of hydrogen-bond acceptors (Lipinski definition) is 26. The highest BCUT2D eigenvalue weighted by molar-refractivity contribution is 7.90. The van der Waals surface area contributed by atoms with Gasteiger partial charge in [-0.2, -0.15) is 0 Å². The van der Waals surface area contributed by atoms with E-state index in [1.165, 1.54) is 164 Å². The molecule has 4 fully saturated rings. The summed E-state index contributed by atoms with van der Waals surface area (Å²) in [5.74, 6) is 2.91. The van der Waals surface area contributed by atoms with Crippen LogP contribution < -0.4 is 62.6 Å². The number of nitrogens with zero attached hydrogens (tertiary/aromatic N) is 15. The smallest absolute Gasteiger partial charge is 0.274 e. The van der Waals surface area contributed by atoms with Crippen LogP contribution in [-0.4, -0.2) is 161 Å². The van der Waals surface area contributed by atoms with Crippen molar-refractivity contribution < 1.29 is 37.2 Å². The molecule has 6 aromatic heterocycles. The third-order valence-corrected chi connectivity index (χ3v) is 27.4. The molecule has 9 N–H and O–H groups in total. The standard InChI is InChI=1S/2C20H26N4O.C19H24N4O3S.C19H18N4O.C19H24N4O.C18H24N4O/c1-14-9-10-17(15(2)11-14)23-20(25)18-12-19(22-13-21-18)24(3)16-7-5-4-6-8-16;1-14-9-10-17(15(2)11-14)24-20(25)18-12-19(22-13-21-18)23-16-7-5-3-4-6-8-16;1-13-10-15(27(2,25)26)8-9-16(13)23-19(24)17-11-18(21-12-20-17)22-14-6-4-3-5-7-14;1-13-7-9-15(10-8-13)22-19(24)17-11-18(21-12-20-17)23-16-6-4-3-5-14(16)2;1-14-8-10-15(11-9-14)22-19(24)17-12-18(21-13-20-17)23(2)16-6-4-3-5-7-16;1-4-10-22(11-5-2)17-12-16(19-13-20-17)18(23)21-15-8-6-14(3)7-9-15/h9-13,16H,4-8H2,1-3H3,(H,23,25);9-13,16H,3-8H2,1-2H3,(H,24,25)(H,21,22,23);8-12,14H,3-7H2,1-2H3,(H,23,24)(H,20,21,22);3-12H,1-2H3,(H,22,24)(H,20,21,23);8-13,16H,3-7H2,1-2H3,(H,22,24);6-9,12-13H,4-5,10-11H2,1-3H3,(H,21,23). The Morgan fingerprint density at radius 3 is 0.946 bits per heavy atom. The molecule has 33 heteroatoms. The molecule has 0 unspecified atom stereocenters. The summed E-state index contributed by atoms with van der Waals surface area (Å²) in [6, 6.07) is 59.6. The van der Waals surface area contributed by atoms with Crippen molar-refractivity contribution in [3.63, 3.8) is 0 Å². The number of rotatable bonds is 28. The van der Waals surface area contributed by atoms with Crippen LogP contribution in [0.1, 0.15) is 275 Å². The zero-order valence-electron chi connectivity index (χ0n) is 87.7. The lowest BCUT2D eigenvalue weighted by Crippen LogP contribution is -2.34. The van der Waals surface area contributed by atoms with E-state index >= 15 is 0 Å². The monoisotopic (exact) mass is 2020 g/mol. The fraction of sp³-hybridized carbons (Fsp3) is 0.374. The van der Waals surface area contributed by atoms with Gasteiger partial charge in [0, 0.05) is 134 Å². The molecule has 13 aromatic rings. The predicted molar refractivity (Wildman–Crippen MR) is 593 cm³/mol. The number of carbonyl (C=O) groups is 6. The fourth-order valence-electron chi connectivity index (χ4n) is 17.7. The Balaban J connectivity index is 0.000000158. The molecule has 4 aliphatic carbocycles. The van der Waals surface area contributed by atoms with Crippen molar-refractivity contribution in [2.45, 2.75) is 253 Å². The van der Waals surface area contributed by atoms with Crippen LogP contribution in [0.2, 0.25) is 0 Å². The van der Waals surface area contributed by atoms with Crippen molar-refractivity contribution >= 4 is 120 Å². The first-order chi connectivity index (χ1) is 71.4. The highest BCUT2D eigenvalue weighted by Gasteiger charge is 2.26. The maximum atomic E-state index is 12.6. The molecule has 0 atom stereocenters. The number of benzene rings is 7. The van der Waals surface area contributed by atoms with E-state index in [4.69, 9.17) is 0 Å². The van der Waals surface area contributed by atoms with E-state index in [2.05, 4.69) is 162 Å². The zero-order chi connectivity index (χ0) is 105. The minimum Gasteiger partial charge on any atom is -0.367 e. The van der Waals surface area contributed by atoms with Crippen LogP contribution in [0.4, 0.5) is 74.7 Å². The first-order valence-electron chi connectivity index (χ1n) is 51.4. The van der Waals surface area contributed by atoms with Gasteiger partial charge in [-0.1, -0.05) is 204 Å². The van der Waals surface area contributed by atoms with Crippen molar-refractivity contribution in [1.82, 2.24) is 59.8 Å². The summed E-state index contributed by atoms with van der Waals surface area (Å²) in [4.78, 5) is 132. The van der Waals surface area contributed by atoms with Crippen LogP contribution >= 0.6 is 0 Å². The lowest BCUT2D eigenvalue weighted by atomic mass is 9.94. The minimum absolute atomic E-state index is 0.201. The molecule has 32 nitrogen and oxygen atoms in total. The fourth-order valence-corrected chi connectivity index (χ4v) is 18.5. The van der Waals surface area contributed by atoms with Crippen molar-refractivity contribution in [1.29, 1.82) is 0 Å². The van der Waals surface area contributed by atoms with Gasteiger partial charge < -0.3 is 62.6 Å². The number of hydrogen-bond donors (Lipinski definition) is 9. The number of para-hydroxylation sites is 1. The van der Waals surface area contributed by atoms with E-state index in [9.17, 15) is 37.2 Å². The van der Waals surface area contributed by atoms with Gasteiger partial charge in [0.05, 0.1) is 4.90 Å². The number of amides is 6. The topological polar surface area (TPSA) is 409 Å². The summed E-state index contributed by atoms with van der Waals surface area (Å²) in [6.45, 7) is 23.9. The Kier molecular flexibility index (Phi) is 42.4. The van der Waals surface area contributed by atoms with Crippen LogP contribution in [0.5, 0.6) is 0 Å². The number of anilines is 13. The summed E-state index contributed by atoms with van der Waals surface area (Å²) in [5.41, 5.74) is 17.2. The highest BCUT2D eigenvalue weighted by Crippen LogP contribution is 2.32. The average Bonchev–Trinajstić information content (AvgIpc) is 0.981. The summed E-state index contributed by atoms with van der Waals surface area (Å²) in [6.07, 6.45) is 37.6. The van der Waals surface area contributed by atoms with E-state index in [1.807, 2.05) is 177 Å². The Hall–Kier alpha value is -15.4. The largest absolute Gasteiger partial charge is 0.367 e. The molecule has 0 aliphatic heterocycles. The molecule has 4 aliphatic rings. The zero-order valence-corrected chi connectivity index (χ0v) is 88.5. The SMILES string of the molecule is CCCN(CCC)c1cc(C(=O)Nc2ccc(C)cc2)ncn1.Cc1cc(S(C)(=O)=O)ccc1NC(=O)c1cc(NC2CCCCC2)ncn1.Cc1ccc(NC(=O)c2cc(N(C)C3CCCCC3)ncn2)c(C)c1.Cc1ccc(NC(=O)c2cc(N(C)C3CCCCC3)ncn2)cc1.Cc1ccc(NC(=O)c2cc(NC3CCCCCC3)ncn2)c(C)c1.Cc1ccc(NC(=O)c2cc(Nc3ccccc3C)ncn2)cc1. The molecular formula is C115H142N24O8S. The summed E-state index contributed by atoms with van der Waals surface area (Å²) < 4.78 is 23.3. The molecule has 0 radical (unpaired) electrons. The molecule has 17 rings (SSSR count). The van der Waals surface area contributed by atoms with Crippen LogP contribution in [0.15, 0.2) is 231 Å². The van der Waals surface area contributed by atoms with Crippen molar-refractivity contribution in [3.05, 3.63) is 310 Å². The van der Waals surface area contributed by atoms with Gasteiger partial charge in [-0.3, -0.25) is 28.8 Å². The molecule has 0 saturated heterocycles. The van der Waals surface area contributed by atoms with Gasteiger partial charge in [0.1, 0.15) is 107 Å². The summed E-state index contributed by atoms with van der Waals surface area (Å²) in [5, 5.41) is 27.3. The van der Waals surface area contributed by atoms with Crippen LogP contribution in [0.25, 0.3) is 0 Å². The van der Waals surface area contributed by atoms with Crippen LogP contribution in [0.3, 0.4) is 0 Å². The Morgan fingerprint density at radius 2 is 0.595 bits per heavy atom. The molecule has 0 bridgehead atoms. The molecule has 7 aromatic carbocycles. The number of aryl methyl sites for hydroxylation is 9. The second-order valence-electron chi connectivity index (χ2n) is 38.4. The second kappa shape index (κ2) is 56.3. The third-order valence-electron chi connectivity index (χ3n) is 26.3. The maximum absolute atomic E-state index is 12.6. The molecule has 0 spiro atoms. The van der Waals surface area contributed by atoms with Crippen LogP contribution in [0, 0.1) is 62.3 Å². The second-order valence-corrected chi connectivity index (χ2v) is 40.4. The van der Waals surface area contributed by atoms with E-state index in [1.54, 1.807) is 55.5 Å². The first-order valence-corrected chi connectivity index (χ1v) is 53.3. The number of sulfone groups is 1. The Labute approximate surface area is 870 Å². The van der Waals surface area contributed by atoms with Gasteiger partial charge in [-0.05, 0) is 222 Å². The van der Waals surface area contributed by atoms with E-state index < -0.39 is 9.84 Å². The maximum Gasteiger partial charge on any atom is 0.274 e. The van der Waals surface area contributed by atoms with Crippen molar-refractivity contribution in [3.8, 4) is 0 Å². The molecule has 776 valence electrons. The number of carbonyl (C=O) groups excluding carboxylic acids is 6. The summed E-state index contributed by atoms with van der Waals surface area (Å²) in [7, 11) is 0.831. The van der Waals surface area contributed by atoms with Gasteiger partial charge in [0.15, 0.2) is 9.84 Å². The Bertz CT molecular complexity index is 6670. The molecule has 6 heterocycles. The first kappa shape index (κ1) is 111. The number of aromatic nitrogens is 12. The normalized spacial score (nSPS) is 13.7.